The van der Waals surface area contributed by atoms with Crippen molar-refractivity contribution in [2.24, 2.45) is 5.73 Å². The van der Waals surface area contributed by atoms with Gasteiger partial charge in [-0.1, -0.05) is 0 Å². The van der Waals surface area contributed by atoms with Gasteiger partial charge in [0.25, 0.3) is 5.91 Å². The lowest BCUT2D eigenvalue weighted by molar-refractivity contribution is 0.0957. The molecule has 3 N–H and O–H groups in total. The van der Waals surface area contributed by atoms with Gasteiger partial charge in [0.2, 0.25) is 0 Å². The van der Waals surface area contributed by atoms with Crippen molar-refractivity contribution < 1.29 is 4.79 Å². The van der Waals surface area contributed by atoms with E-state index in [1.165, 1.54) is 0 Å². The number of hydrogen-bond acceptors (Lipinski definition) is 4. The maximum absolute atomic E-state index is 11.4. The van der Waals surface area contributed by atoms with E-state index in [0.717, 1.165) is 11.3 Å². The van der Waals surface area contributed by atoms with Crippen LogP contribution < -0.4 is 11.1 Å². The van der Waals surface area contributed by atoms with E-state index in [1.807, 2.05) is 19.1 Å². The number of carbonyl (C=O) groups is 1. The van der Waals surface area contributed by atoms with Gasteiger partial charge in [0.05, 0.1) is 0 Å². The predicted octanol–water partition coefficient (Wildman–Crippen LogP) is 0.394. The molecule has 0 spiro atoms. The van der Waals surface area contributed by atoms with Crippen molar-refractivity contribution in [3.8, 4) is 5.82 Å². The van der Waals surface area contributed by atoms with Crippen molar-refractivity contribution in [1.29, 1.82) is 0 Å². The minimum absolute atomic E-state index is 0.222. The molecular formula is C12H15N5O. The largest absolute Gasteiger partial charge is 0.354 e. The highest BCUT2D eigenvalue weighted by atomic mass is 16.1. The van der Waals surface area contributed by atoms with E-state index < -0.39 is 0 Å². The summed E-state index contributed by atoms with van der Waals surface area (Å²) >= 11 is 0. The van der Waals surface area contributed by atoms with E-state index in [2.05, 4.69) is 15.4 Å². The fourth-order valence-corrected chi connectivity index (χ4v) is 1.66. The molecule has 0 aromatic carbocycles. The maximum atomic E-state index is 11.4. The van der Waals surface area contributed by atoms with Gasteiger partial charge in [-0.15, -0.1) is 0 Å². The molecule has 2 heterocycles. The Labute approximate surface area is 105 Å². The fourth-order valence-electron chi connectivity index (χ4n) is 1.66. The Bertz CT molecular complexity index is 576. The lowest BCUT2D eigenvalue weighted by Gasteiger charge is -2.05. The van der Waals surface area contributed by atoms with Crippen LogP contribution in [0.2, 0.25) is 0 Å². The first-order valence-corrected chi connectivity index (χ1v) is 5.60. The van der Waals surface area contributed by atoms with Gasteiger partial charge >= 0.3 is 0 Å². The quantitative estimate of drug-likeness (QED) is 0.819. The van der Waals surface area contributed by atoms with E-state index in [-0.39, 0.29) is 5.91 Å². The van der Waals surface area contributed by atoms with E-state index in [1.54, 1.807) is 24.0 Å². The smallest absolute Gasteiger partial charge is 0.271 e. The van der Waals surface area contributed by atoms with Gasteiger partial charge in [0.15, 0.2) is 11.5 Å². The van der Waals surface area contributed by atoms with Gasteiger partial charge in [0, 0.05) is 25.5 Å². The highest BCUT2D eigenvalue weighted by Gasteiger charge is 2.09. The molecule has 0 saturated carbocycles. The van der Waals surface area contributed by atoms with Crippen LogP contribution >= 0.6 is 0 Å². The molecule has 0 saturated heterocycles. The first-order valence-electron chi connectivity index (χ1n) is 5.60. The van der Waals surface area contributed by atoms with Crippen molar-refractivity contribution >= 4 is 5.91 Å². The summed E-state index contributed by atoms with van der Waals surface area (Å²) in [4.78, 5) is 15.8. The zero-order valence-electron chi connectivity index (χ0n) is 10.3. The van der Waals surface area contributed by atoms with E-state index in [9.17, 15) is 4.79 Å². The highest BCUT2D eigenvalue weighted by molar-refractivity contribution is 5.91. The van der Waals surface area contributed by atoms with Crippen LogP contribution in [0.15, 0.2) is 24.4 Å². The molecule has 0 bridgehead atoms. The van der Waals surface area contributed by atoms with Crippen molar-refractivity contribution in [2.75, 3.05) is 7.05 Å². The monoisotopic (exact) mass is 245 g/mol. The molecule has 0 atom stereocenters. The fraction of sp³-hybridized carbons (Fsp3) is 0.250. The van der Waals surface area contributed by atoms with Crippen molar-refractivity contribution in [3.05, 3.63) is 41.3 Å². The molecule has 2 aromatic heterocycles. The molecule has 0 unspecified atom stereocenters. The molecule has 0 aliphatic carbocycles. The van der Waals surface area contributed by atoms with Crippen LogP contribution in [0.1, 0.15) is 21.7 Å². The Morgan fingerprint density at radius 2 is 2.28 bits per heavy atom. The number of aryl methyl sites for hydroxylation is 1. The summed E-state index contributed by atoms with van der Waals surface area (Å²) in [6.45, 7) is 2.34. The van der Waals surface area contributed by atoms with Crippen LogP contribution in [0, 0.1) is 6.92 Å². The van der Waals surface area contributed by atoms with E-state index in [0.29, 0.717) is 18.1 Å². The number of rotatable bonds is 3. The third-order valence-corrected chi connectivity index (χ3v) is 2.52. The van der Waals surface area contributed by atoms with Gasteiger partial charge in [0.1, 0.15) is 0 Å². The average Bonchev–Trinajstić information content (AvgIpc) is 2.86. The molecule has 18 heavy (non-hydrogen) atoms. The zero-order valence-corrected chi connectivity index (χ0v) is 10.3. The Morgan fingerprint density at radius 1 is 1.50 bits per heavy atom. The topological polar surface area (TPSA) is 85.8 Å². The molecule has 6 nitrogen and oxygen atoms in total. The average molecular weight is 245 g/mol. The van der Waals surface area contributed by atoms with Gasteiger partial charge < -0.3 is 11.1 Å². The number of carbonyl (C=O) groups excluding carboxylic acids is 1. The van der Waals surface area contributed by atoms with Crippen LogP contribution in [0.25, 0.3) is 5.82 Å². The first kappa shape index (κ1) is 12.3. The second-order valence-corrected chi connectivity index (χ2v) is 3.90. The minimum Gasteiger partial charge on any atom is -0.354 e. The van der Waals surface area contributed by atoms with Crippen LogP contribution in [0.3, 0.4) is 0 Å². The standard InChI is InChI=1S/C12H15N5O/c1-8-5-9(7-13)6-11(15-8)17-4-3-10(16-17)12(18)14-2/h3-6H,7,13H2,1-2H3,(H,14,18). The number of pyridine rings is 1. The van der Waals surface area contributed by atoms with E-state index in [4.69, 9.17) is 5.73 Å². The van der Waals surface area contributed by atoms with Crippen LogP contribution in [-0.2, 0) is 6.54 Å². The minimum atomic E-state index is -0.222. The summed E-state index contributed by atoms with van der Waals surface area (Å²) in [5.74, 6) is 0.436. The van der Waals surface area contributed by atoms with Gasteiger partial charge in [-0.3, -0.25) is 4.79 Å². The summed E-state index contributed by atoms with van der Waals surface area (Å²) in [6, 6.07) is 5.42. The maximum Gasteiger partial charge on any atom is 0.271 e. The summed E-state index contributed by atoms with van der Waals surface area (Å²) in [5, 5.41) is 6.69. The number of nitrogens with two attached hydrogens (primary N) is 1. The van der Waals surface area contributed by atoms with Crippen molar-refractivity contribution in [3.63, 3.8) is 0 Å². The third kappa shape index (κ3) is 2.38. The number of hydrogen-bond donors (Lipinski definition) is 2. The summed E-state index contributed by atoms with van der Waals surface area (Å²) in [5.41, 5.74) is 7.82. The molecule has 94 valence electrons. The molecule has 6 heteroatoms. The SMILES string of the molecule is CNC(=O)c1ccn(-c2cc(CN)cc(C)n2)n1. The zero-order chi connectivity index (χ0) is 13.1. The third-order valence-electron chi connectivity index (χ3n) is 2.52. The highest BCUT2D eigenvalue weighted by Crippen LogP contribution is 2.10. The molecule has 0 fully saturated rings. The summed E-state index contributed by atoms with van der Waals surface area (Å²) in [7, 11) is 1.57. The number of amides is 1. The molecule has 0 aliphatic heterocycles. The molecule has 0 aliphatic rings. The molecule has 1 amide bonds. The lowest BCUT2D eigenvalue weighted by atomic mass is 10.2. The number of nitrogens with one attached hydrogen (secondary N) is 1. The van der Waals surface area contributed by atoms with Crippen LogP contribution in [-0.4, -0.2) is 27.7 Å². The van der Waals surface area contributed by atoms with Crippen molar-refractivity contribution in [2.45, 2.75) is 13.5 Å². The van der Waals surface area contributed by atoms with Gasteiger partial charge in [-0.25, -0.2) is 9.67 Å². The van der Waals surface area contributed by atoms with Crippen LogP contribution in [0.5, 0.6) is 0 Å². The molecule has 2 rings (SSSR count). The lowest BCUT2D eigenvalue weighted by Crippen LogP contribution is -2.18. The summed E-state index contributed by atoms with van der Waals surface area (Å²) in [6.07, 6.45) is 1.70. The Kier molecular flexibility index (Phi) is 3.38. The van der Waals surface area contributed by atoms with Gasteiger partial charge in [-0.2, -0.15) is 5.10 Å². The van der Waals surface area contributed by atoms with Gasteiger partial charge in [-0.05, 0) is 30.7 Å². The second kappa shape index (κ2) is 4.97. The molecule has 0 radical (unpaired) electrons. The van der Waals surface area contributed by atoms with E-state index >= 15 is 0 Å². The Hall–Kier alpha value is -2.21. The second-order valence-electron chi connectivity index (χ2n) is 3.90. The first-order chi connectivity index (χ1) is 8.63. The van der Waals surface area contributed by atoms with Crippen molar-refractivity contribution in [1.82, 2.24) is 20.1 Å². The normalized spacial score (nSPS) is 10.4. The number of aromatic nitrogens is 3. The van der Waals surface area contributed by atoms with Crippen LogP contribution in [0.4, 0.5) is 0 Å². The molecule has 2 aromatic rings. The Morgan fingerprint density at radius 3 is 2.94 bits per heavy atom. The Balaban J connectivity index is 2.39. The predicted molar refractivity (Wildman–Crippen MR) is 67.4 cm³/mol. The summed E-state index contributed by atoms with van der Waals surface area (Å²) < 4.78 is 1.57. The molecular weight excluding hydrogens is 230 g/mol. The number of nitrogens with zero attached hydrogens (tertiary/aromatic N) is 3.